The minimum Gasteiger partial charge on any atom is -0.340 e. The van der Waals surface area contributed by atoms with E-state index in [9.17, 15) is 9.59 Å². The Morgan fingerprint density at radius 3 is 2.52 bits per heavy atom. The number of likely N-dealkylation sites (N-methyl/N-ethyl adjacent to an activating group) is 2. The van der Waals surface area contributed by atoms with E-state index in [-0.39, 0.29) is 24.2 Å². The highest BCUT2D eigenvalue weighted by Crippen LogP contribution is 2.23. The van der Waals surface area contributed by atoms with E-state index in [0.717, 1.165) is 10.8 Å². The number of carbonyl (C=O) groups is 2. The summed E-state index contributed by atoms with van der Waals surface area (Å²) >= 11 is 3.13. The van der Waals surface area contributed by atoms with E-state index in [1.807, 2.05) is 24.6 Å². The SMILES string of the molecule is CNCCN(C)C(=O)c1ccc(NC(=O)CSc2cccs2)cc1.Cl. The van der Waals surface area contributed by atoms with Crippen molar-refractivity contribution < 1.29 is 9.59 Å². The summed E-state index contributed by atoms with van der Waals surface area (Å²) in [5.74, 6) is 0.281. The zero-order valence-corrected chi connectivity index (χ0v) is 16.6. The van der Waals surface area contributed by atoms with Crippen molar-refractivity contribution in [1.82, 2.24) is 10.2 Å². The first kappa shape index (κ1) is 21.5. The zero-order valence-electron chi connectivity index (χ0n) is 14.2. The van der Waals surface area contributed by atoms with Crippen molar-refractivity contribution in [3.8, 4) is 0 Å². The molecular formula is C17H22ClN3O2S2. The van der Waals surface area contributed by atoms with Crippen LogP contribution in [0.5, 0.6) is 0 Å². The Labute approximate surface area is 162 Å². The number of hydrogen-bond acceptors (Lipinski definition) is 5. The highest BCUT2D eigenvalue weighted by atomic mass is 35.5. The lowest BCUT2D eigenvalue weighted by Crippen LogP contribution is -2.32. The number of nitrogens with one attached hydrogen (secondary N) is 2. The molecule has 2 rings (SSSR count). The van der Waals surface area contributed by atoms with Crippen molar-refractivity contribution in [3.05, 3.63) is 47.3 Å². The van der Waals surface area contributed by atoms with Crippen molar-refractivity contribution in [2.75, 3.05) is 38.3 Å². The van der Waals surface area contributed by atoms with E-state index in [1.54, 1.807) is 47.5 Å². The largest absolute Gasteiger partial charge is 0.340 e. The second-order valence-electron chi connectivity index (χ2n) is 5.18. The topological polar surface area (TPSA) is 61.4 Å². The molecule has 0 radical (unpaired) electrons. The third kappa shape index (κ3) is 7.07. The van der Waals surface area contributed by atoms with Gasteiger partial charge < -0.3 is 15.5 Å². The smallest absolute Gasteiger partial charge is 0.253 e. The van der Waals surface area contributed by atoms with Crippen LogP contribution in [0.2, 0.25) is 0 Å². The van der Waals surface area contributed by atoms with E-state index in [0.29, 0.717) is 23.5 Å². The third-order valence-electron chi connectivity index (χ3n) is 3.30. The first-order chi connectivity index (χ1) is 11.6. The summed E-state index contributed by atoms with van der Waals surface area (Å²) in [4.78, 5) is 25.8. The van der Waals surface area contributed by atoms with Crippen molar-refractivity contribution in [3.63, 3.8) is 0 Å². The first-order valence-corrected chi connectivity index (χ1v) is 9.43. The number of halogens is 1. The molecule has 0 aliphatic carbocycles. The molecule has 136 valence electrons. The van der Waals surface area contributed by atoms with Crippen molar-refractivity contribution >= 4 is 53.0 Å². The Morgan fingerprint density at radius 1 is 1.20 bits per heavy atom. The second kappa shape index (κ2) is 11.1. The summed E-state index contributed by atoms with van der Waals surface area (Å²) in [6.45, 7) is 1.39. The van der Waals surface area contributed by atoms with Gasteiger partial charge in [0.2, 0.25) is 5.91 Å². The maximum absolute atomic E-state index is 12.2. The van der Waals surface area contributed by atoms with Crippen LogP contribution in [0.25, 0.3) is 0 Å². The number of thiophene rings is 1. The van der Waals surface area contributed by atoms with Gasteiger partial charge in [0, 0.05) is 31.4 Å². The molecule has 0 spiro atoms. The Morgan fingerprint density at radius 2 is 1.92 bits per heavy atom. The fourth-order valence-corrected chi connectivity index (χ4v) is 3.56. The number of benzene rings is 1. The number of nitrogens with zero attached hydrogens (tertiary/aromatic N) is 1. The fraction of sp³-hybridized carbons (Fsp3) is 0.294. The van der Waals surface area contributed by atoms with E-state index in [4.69, 9.17) is 0 Å². The number of hydrogen-bond donors (Lipinski definition) is 2. The van der Waals surface area contributed by atoms with Gasteiger partial charge in [0.1, 0.15) is 0 Å². The summed E-state index contributed by atoms with van der Waals surface area (Å²) in [5.41, 5.74) is 1.31. The normalized spacial score (nSPS) is 10.0. The molecule has 2 N–H and O–H groups in total. The minimum absolute atomic E-state index is 0. The maximum atomic E-state index is 12.2. The molecule has 5 nitrogen and oxygen atoms in total. The molecule has 0 unspecified atom stereocenters. The summed E-state index contributed by atoms with van der Waals surface area (Å²) in [7, 11) is 3.63. The summed E-state index contributed by atoms with van der Waals surface area (Å²) in [6.07, 6.45) is 0. The Bertz CT molecular complexity index is 663. The molecule has 1 aromatic carbocycles. The molecule has 0 bridgehead atoms. The number of anilines is 1. The standard InChI is InChI=1S/C17H21N3O2S2.ClH/c1-18-9-10-20(2)17(22)13-5-7-14(8-6-13)19-15(21)12-24-16-4-3-11-23-16;/h3-8,11,18H,9-10,12H2,1-2H3,(H,19,21);1H. The van der Waals surface area contributed by atoms with Crippen LogP contribution in [0.3, 0.4) is 0 Å². The van der Waals surface area contributed by atoms with E-state index in [2.05, 4.69) is 10.6 Å². The second-order valence-corrected chi connectivity index (χ2v) is 7.40. The molecule has 8 heteroatoms. The lowest BCUT2D eigenvalue weighted by atomic mass is 10.2. The van der Waals surface area contributed by atoms with Gasteiger partial charge in [-0.3, -0.25) is 9.59 Å². The maximum Gasteiger partial charge on any atom is 0.253 e. The van der Waals surface area contributed by atoms with Crippen LogP contribution >= 0.6 is 35.5 Å². The van der Waals surface area contributed by atoms with Gasteiger partial charge in [-0.1, -0.05) is 6.07 Å². The quantitative estimate of drug-likeness (QED) is 0.669. The van der Waals surface area contributed by atoms with Gasteiger partial charge >= 0.3 is 0 Å². The van der Waals surface area contributed by atoms with Gasteiger partial charge in [-0.2, -0.15) is 0 Å². The highest BCUT2D eigenvalue weighted by Gasteiger charge is 2.11. The minimum atomic E-state index is -0.0568. The van der Waals surface area contributed by atoms with Crippen LogP contribution in [0.4, 0.5) is 5.69 Å². The number of amides is 2. The number of thioether (sulfide) groups is 1. The van der Waals surface area contributed by atoms with E-state index < -0.39 is 0 Å². The van der Waals surface area contributed by atoms with Crippen molar-refractivity contribution in [2.24, 2.45) is 0 Å². The van der Waals surface area contributed by atoms with Crippen molar-refractivity contribution in [2.45, 2.75) is 4.21 Å². The first-order valence-electron chi connectivity index (χ1n) is 7.56. The molecule has 0 fully saturated rings. The zero-order chi connectivity index (χ0) is 17.4. The average Bonchev–Trinajstić information content (AvgIpc) is 3.11. The molecule has 0 atom stereocenters. The summed E-state index contributed by atoms with van der Waals surface area (Å²) < 4.78 is 1.12. The van der Waals surface area contributed by atoms with Gasteiger partial charge in [-0.05, 0) is 42.8 Å². The van der Waals surface area contributed by atoms with Gasteiger partial charge in [-0.25, -0.2) is 0 Å². The lowest BCUT2D eigenvalue weighted by Gasteiger charge is -2.17. The number of carbonyl (C=O) groups excluding carboxylic acids is 2. The van der Waals surface area contributed by atoms with Gasteiger partial charge in [0.15, 0.2) is 0 Å². The summed E-state index contributed by atoms with van der Waals surface area (Å²) in [5, 5.41) is 7.85. The Balaban J connectivity index is 0.00000312. The van der Waals surface area contributed by atoms with Gasteiger partial charge in [-0.15, -0.1) is 35.5 Å². The Hall–Kier alpha value is -1.54. The monoisotopic (exact) mass is 399 g/mol. The molecule has 25 heavy (non-hydrogen) atoms. The molecule has 1 aromatic heterocycles. The van der Waals surface area contributed by atoms with Crippen LogP contribution < -0.4 is 10.6 Å². The average molecular weight is 400 g/mol. The van der Waals surface area contributed by atoms with Gasteiger partial charge in [0.25, 0.3) is 5.91 Å². The molecule has 2 amide bonds. The van der Waals surface area contributed by atoms with E-state index >= 15 is 0 Å². The van der Waals surface area contributed by atoms with E-state index in [1.165, 1.54) is 11.8 Å². The van der Waals surface area contributed by atoms with Crippen LogP contribution in [-0.2, 0) is 4.79 Å². The third-order valence-corrected chi connectivity index (χ3v) is 5.43. The molecule has 0 aliphatic rings. The van der Waals surface area contributed by atoms with Gasteiger partial charge in [0.05, 0.1) is 9.96 Å². The molecular weight excluding hydrogens is 378 g/mol. The molecule has 2 aromatic rings. The predicted molar refractivity (Wildman–Crippen MR) is 108 cm³/mol. The molecule has 0 aliphatic heterocycles. The summed E-state index contributed by atoms with van der Waals surface area (Å²) in [6, 6.07) is 10.9. The van der Waals surface area contributed by atoms with Crippen LogP contribution in [0, 0.1) is 0 Å². The van der Waals surface area contributed by atoms with Crippen LogP contribution in [-0.4, -0.2) is 49.7 Å². The Kier molecular flexibility index (Phi) is 9.59. The fourth-order valence-electron chi connectivity index (χ4n) is 1.98. The molecule has 0 saturated heterocycles. The van der Waals surface area contributed by atoms with Crippen molar-refractivity contribution in [1.29, 1.82) is 0 Å². The molecule has 0 saturated carbocycles. The predicted octanol–water partition coefficient (Wildman–Crippen LogP) is 3.19. The molecule has 1 heterocycles. The van der Waals surface area contributed by atoms with Crippen LogP contribution in [0.15, 0.2) is 46.0 Å². The highest BCUT2D eigenvalue weighted by molar-refractivity contribution is 8.01. The number of rotatable bonds is 8. The van der Waals surface area contributed by atoms with Crippen LogP contribution in [0.1, 0.15) is 10.4 Å². The lowest BCUT2D eigenvalue weighted by molar-refractivity contribution is -0.113.